The van der Waals surface area contributed by atoms with E-state index in [-0.39, 0.29) is 30.0 Å². The molecule has 1 aliphatic rings. The van der Waals surface area contributed by atoms with Gasteiger partial charge in [-0.3, -0.25) is 9.89 Å². The van der Waals surface area contributed by atoms with Gasteiger partial charge in [0, 0.05) is 38.2 Å². The van der Waals surface area contributed by atoms with Gasteiger partial charge in [-0.15, -0.1) is 24.0 Å². The number of halogens is 2. The number of benzene rings is 1. The summed E-state index contributed by atoms with van der Waals surface area (Å²) in [5, 5.41) is 7.52. The number of nitrogens with one attached hydrogen (secondary N) is 2. The zero-order chi connectivity index (χ0) is 16.5. The van der Waals surface area contributed by atoms with E-state index in [1.807, 2.05) is 12.1 Å². The van der Waals surface area contributed by atoms with Crippen LogP contribution in [0.5, 0.6) is 0 Å². The second-order valence-corrected chi connectivity index (χ2v) is 6.03. The Morgan fingerprint density at radius 1 is 1.25 bits per heavy atom. The molecule has 1 atom stereocenters. The predicted octanol–water partition coefficient (Wildman–Crippen LogP) is 2.91. The van der Waals surface area contributed by atoms with Gasteiger partial charge in [-0.25, -0.2) is 0 Å². The van der Waals surface area contributed by atoms with E-state index in [4.69, 9.17) is 16.3 Å². The van der Waals surface area contributed by atoms with Gasteiger partial charge in [-0.05, 0) is 24.1 Å². The monoisotopic (exact) mass is 466 g/mol. The molecule has 1 fully saturated rings. The summed E-state index contributed by atoms with van der Waals surface area (Å²) in [6.07, 6.45) is 1.07. The van der Waals surface area contributed by atoms with Crippen molar-refractivity contribution in [3.05, 3.63) is 34.9 Å². The molecule has 0 bridgehead atoms. The van der Waals surface area contributed by atoms with Gasteiger partial charge >= 0.3 is 0 Å². The third-order valence-corrected chi connectivity index (χ3v) is 4.22. The minimum absolute atomic E-state index is 0. The third kappa shape index (κ3) is 6.74. The van der Waals surface area contributed by atoms with Crippen molar-refractivity contribution in [3.63, 3.8) is 0 Å². The van der Waals surface area contributed by atoms with Crippen LogP contribution in [0.15, 0.2) is 29.3 Å². The molecule has 7 heteroatoms. The van der Waals surface area contributed by atoms with Crippen LogP contribution in [-0.4, -0.2) is 57.3 Å². The van der Waals surface area contributed by atoms with E-state index >= 15 is 0 Å². The van der Waals surface area contributed by atoms with Crippen molar-refractivity contribution in [2.24, 2.45) is 4.99 Å². The zero-order valence-electron chi connectivity index (χ0n) is 14.4. The molecule has 0 aliphatic carbocycles. The van der Waals surface area contributed by atoms with E-state index < -0.39 is 0 Å². The molecule has 0 saturated carbocycles. The molecule has 1 aliphatic heterocycles. The van der Waals surface area contributed by atoms with Gasteiger partial charge < -0.3 is 15.4 Å². The van der Waals surface area contributed by atoms with Crippen LogP contribution in [0.25, 0.3) is 0 Å². The normalized spacial score (nSPS) is 17.0. The molecule has 5 nitrogen and oxygen atoms in total. The lowest BCUT2D eigenvalue weighted by Gasteiger charge is -2.35. The minimum Gasteiger partial charge on any atom is -0.379 e. The standard InChI is InChI=1S/C17H27ClN4O.HI/c1-3-8-20-17(19-2)21-13-16(22-9-11-23-12-10-22)14-4-6-15(18)7-5-14;/h4-7,16H,3,8-13H2,1-2H3,(H2,19,20,21);1H. The van der Waals surface area contributed by atoms with Crippen molar-refractivity contribution in [2.45, 2.75) is 19.4 Å². The van der Waals surface area contributed by atoms with Gasteiger partial charge in [0.1, 0.15) is 0 Å². The molecule has 1 aromatic rings. The van der Waals surface area contributed by atoms with Crippen LogP contribution < -0.4 is 10.6 Å². The summed E-state index contributed by atoms with van der Waals surface area (Å²) < 4.78 is 5.49. The Balaban J connectivity index is 0.00000288. The lowest BCUT2D eigenvalue weighted by molar-refractivity contribution is 0.0170. The maximum absolute atomic E-state index is 6.03. The fraction of sp³-hybridized carbons (Fsp3) is 0.588. The van der Waals surface area contributed by atoms with Crippen molar-refractivity contribution in [2.75, 3.05) is 46.4 Å². The molecular weight excluding hydrogens is 439 g/mol. The largest absolute Gasteiger partial charge is 0.379 e. The van der Waals surface area contributed by atoms with E-state index in [2.05, 4.69) is 39.6 Å². The molecule has 1 aromatic carbocycles. The summed E-state index contributed by atoms with van der Waals surface area (Å²) in [6.45, 7) is 7.31. The highest BCUT2D eigenvalue weighted by atomic mass is 127. The highest BCUT2D eigenvalue weighted by Crippen LogP contribution is 2.23. The van der Waals surface area contributed by atoms with Crippen molar-refractivity contribution >= 4 is 41.5 Å². The van der Waals surface area contributed by atoms with Crippen LogP contribution in [-0.2, 0) is 4.74 Å². The van der Waals surface area contributed by atoms with Crippen molar-refractivity contribution in [3.8, 4) is 0 Å². The second-order valence-electron chi connectivity index (χ2n) is 5.60. The third-order valence-electron chi connectivity index (χ3n) is 3.97. The Hall–Kier alpha value is -0.570. The van der Waals surface area contributed by atoms with Crippen LogP contribution in [0.2, 0.25) is 5.02 Å². The highest BCUT2D eigenvalue weighted by molar-refractivity contribution is 14.0. The number of rotatable bonds is 6. The molecule has 1 heterocycles. The van der Waals surface area contributed by atoms with Gasteiger partial charge in [-0.1, -0.05) is 30.7 Å². The molecule has 2 rings (SSSR count). The highest BCUT2D eigenvalue weighted by Gasteiger charge is 2.22. The number of hydrogen-bond acceptors (Lipinski definition) is 3. The van der Waals surface area contributed by atoms with Crippen LogP contribution in [0.1, 0.15) is 24.9 Å². The number of morpholine rings is 1. The van der Waals surface area contributed by atoms with Crippen molar-refractivity contribution in [1.29, 1.82) is 0 Å². The zero-order valence-corrected chi connectivity index (χ0v) is 17.5. The molecule has 1 unspecified atom stereocenters. The maximum Gasteiger partial charge on any atom is 0.191 e. The molecular formula is C17H28ClIN4O. The summed E-state index contributed by atoms with van der Waals surface area (Å²) in [5.74, 6) is 0.846. The van der Waals surface area contributed by atoms with E-state index in [1.165, 1.54) is 5.56 Å². The Labute approximate surface area is 167 Å². The molecule has 24 heavy (non-hydrogen) atoms. The lowest BCUT2D eigenvalue weighted by atomic mass is 10.0. The summed E-state index contributed by atoms with van der Waals surface area (Å²) in [6, 6.07) is 8.39. The minimum atomic E-state index is 0. The average molecular weight is 467 g/mol. The van der Waals surface area contributed by atoms with Crippen LogP contribution in [0.4, 0.5) is 0 Å². The summed E-state index contributed by atoms with van der Waals surface area (Å²) >= 11 is 6.03. The first-order valence-corrected chi connectivity index (χ1v) is 8.64. The van der Waals surface area contributed by atoms with Gasteiger partial charge in [0.25, 0.3) is 0 Å². The Morgan fingerprint density at radius 3 is 2.50 bits per heavy atom. The maximum atomic E-state index is 6.03. The average Bonchev–Trinajstić information content (AvgIpc) is 2.60. The SMILES string of the molecule is CCCNC(=NC)NCC(c1ccc(Cl)cc1)N1CCOCC1.I. The topological polar surface area (TPSA) is 48.9 Å². The number of hydrogen-bond donors (Lipinski definition) is 2. The Bertz CT molecular complexity index is 492. The molecule has 0 aromatic heterocycles. The van der Waals surface area contributed by atoms with Crippen molar-refractivity contribution < 1.29 is 4.74 Å². The lowest BCUT2D eigenvalue weighted by Crippen LogP contribution is -2.46. The van der Waals surface area contributed by atoms with Gasteiger partial charge in [0.05, 0.1) is 19.3 Å². The van der Waals surface area contributed by atoms with Crippen molar-refractivity contribution in [1.82, 2.24) is 15.5 Å². The molecule has 0 amide bonds. The number of aliphatic imine (C=N–C) groups is 1. The van der Waals surface area contributed by atoms with E-state index in [0.29, 0.717) is 0 Å². The Morgan fingerprint density at radius 2 is 1.92 bits per heavy atom. The van der Waals surface area contributed by atoms with Gasteiger partial charge in [-0.2, -0.15) is 0 Å². The van der Waals surface area contributed by atoms with Gasteiger partial charge in [0.2, 0.25) is 0 Å². The number of guanidine groups is 1. The summed E-state index contributed by atoms with van der Waals surface area (Å²) in [5.41, 5.74) is 1.26. The molecule has 0 spiro atoms. The van der Waals surface area contributed by atoms with E-state index in [0.717, 1.165) is 56.8 Å². The van der Waals surface area contributed by atoms with Crippen LogP contribution >= 0.6 is 35.6 Å². The molecule has 136 valence electrons. The van der Waals surface area contributed by atoms with E-state index in [1.54, 1.807) is 7.05 Å². The first-order chi connectivity index (χ1) is 11.2. The predicted molar refractivity (Wildman–Crippen MR) is 112 cm³/mol. The van der Waals surface area contributed by atoms with Gasteiger partial charge in [0.15, 0.2) is 5.96 Å². The van der Waals surface area contributed by atoms with E-state index in [9.17, 15) is 0 Å². The quantitative estimate of drug-likeness (QED) is 0.384. The first-order valence-electron chi connectivity index (χ1n) is 8.26. The molecule has 1 saturated heterocycles. The smallest absolute Gasteiger partial charge is 0.191 e. The molecule has 0 radical (unpaired) electrons. The fourth-order valence-electron chi connectivity index (χ4n) is 2.69. The summed E-state index contributed by atoms with van der Waals surface area (Å²) in [7, 11) is 1.80. The van der Waals surface area contributed by atoms with Crippen LogP contribution in [0, 0.1) is 0 Å². The first kappa shape index (κ1) is 21.5. The number of nitrogens with zero attached hydrogens (tertiary/aromatic N) is 2. The van der Waals surface area contributed by atoms with Crippen LogP contribution in [0.3, 0.4) is 0 Å². The molecule has 2 N–H and O–H groups in total. The summed E-state index contributed by atoms with van der Waals surface area (Å²) in [4.78, 5) is 6.73. The second kappa shape index (κ2) is 11.9. The fourth-order valence-corrected chi connectivity index (χ4v) is 2.82. The number of ether oxygens (including phenoxy) is 1. The Kier molecular flexibility index (Phi) is 10.6.